The Morgan fingerprint density at radius 2 is 1.93 bits per heavy atom. The molecule has 2 heterocycles. The molecule has 0 spiro atoms. The van der Waals surface area contributed by atoms with Crippen molar-refractivity contribution in [3.63, 3.8) is 0 Å². The van der Waals surface area contributed by atoms with E-state index in [-0.39, 0.29) is 24.3 Å². The minimum atomic E-state index is -0.431. The lowest BCUT2D eigenvalue weighted by atomic mass is 10.2. The summed E-state index contributed by atoms with van der Waals surface area (Å²) in [5.41, 5.74) is 8.89. The fourth-order valence-electron chi connectivity index (χ4n) is 2.92. The van der Waals surface area contributed by atoms with Gasteiger partial charge in [-0.25, -0.2) is 4.79 Å². The van der Waals surface area contributed by atoms with Crippen molar-refractivity contribution in [2.24, 2.45) is 0 Å². The first-order valence-electron chi connectivity index (χ1n) is 8.74. The SMILES string of the molecule is CCn1c(C)cc(C(=O)OCc2nc(N)nc(Nc3ccc(Cl)cc3)n2)c1C. The van der Waals surface area contributed by atoms with Crippen LogP contribution in [0.25, 0.3) is 0 Å². The van der Waals surface area contributed by atoms with Gasteiger partial charge in [-0.3, -0.25) is 0 Å². The van der Waals surface area contributed by atoms with Gasteiger partial charge in [-0.15, -0.1) is 0 Å². The van der Waals surface area contributed by atoms with Crippen LogP contribution < -0.4 is 11.1 Å². The molecule has 0 radical (unpaired) electrons. The molecule has 0 amide bonds. The summed E-state index contributed by atoms with van der Waals surface area (Å²) in [6.45, 7) is 6.54. The average molecular weight is 401 g/mol. The van der Waals surface area contributed by atoms with Gasteiger partial charge >= 0.3 is 5.97 Å². The Morgan fingerprint density at radius 3 is 2.57 bits per heavy atom. The van der Waals surface area contributed by atoms with Gasteiger partial charge in [-0.2, -0.15) is 15.0 Å². The second-order valence-electron chi connectivity index (χ2n) is 6.17. The van der Waals surface area contributed by atoms with Crippen molar-refractivity contribution in [1.29, 1.82) is 0 Å². The zero-order chi connectivity index (χ0) is 20.3. The van der Waals surface area contributed by atoms with E-state index in [1.807, 2.05) is 31.4 Å². The summed E-state index contributed by atoms with van der Waals surface area (Å²) in [4.78, 5) is 24.8. The van der Waals surface area contributed by atoms with Crippen LogP contribution in [0.1, 0.15) is 34.5 Å². The summed E-state index contributed by atoms with van der Waals surface area (Å²) < 4.78 is 7.43. The number of aryl methyl sites for hydroxylation is 1. The monoisotopic (exact) mass is 400 g/mol. The number of benzene rings is 1. The Morgan fingerprint density at radius 1 is 1.21 bits per heavy atom. The molecule has 0 aliphatic rings. The molecule has 2 aromatic heterocycles. The Bertz CT molecular complexity index is 1000. The number of rotatable bonds is 6. The molecule has 28 heavy (non-hydrogen) atoms. The van der Waals surface area contributed by atoms with Gasteiger partial charge in [-0.05, 0) is 51.1 Å². The minimum absolute atomic E-state index is 0.0293. The maximum absolute atomic E-state index is 12.4. The molecule has 0 bridgehead atoms. The highest BCUT2D eigenvalue weighted by Crippen LogP contribution is 2.18. The topological polar surface area (TPSA) is 108 Å². The molecule has 0 aliphatic heterocycles. The molecule has 0 fully saturated rings. The Hall–Kier alpha value is -3.13. The molecular weight excluding hydrogens is 380 g/mol. The van der Waals surface area contributed by atoms with E-state index >= 15 is 0 Å². The van der Waals surface area contributed by atoms with Gasteiger partial charge in [0.1, 0.15) is 0 Å². The predicted octanol–water partition coefficient (Wildman–Crippen LogP) is 3.65. The number of hydrogen-bond donors (Lipinski definition) is 2. The summed E-state index contributed by atoms with van der Waals surface area (Å²) in [5, 5.41) is 3.64. The van der Waals surface area contributed by atoms with Gasteiger partial charge in [0, 0.05) is 28.6 Å². The normalized spacial score (nSPS) is 10.7. The number of nitrogens with two attached hydrogens (primary N) is 1. The highest BCUT2D eigenvalue weighted by Gasteiger charge is 2.17. The third kappa shape index (κ3) is 4.40. The van der Waals surface area contributed by atoms with Crippen LogP contribution in [0.4, 0.5) is 17.6 Å². The second kappa shape index (κ2) is 8.26. The summed E-state index contributed by atoms with van der Waals surface area (Å²) in [6.07, 6.45) is 0. The fraction of sp³-hybridized carbons (Fsp3) is 0.263. The van der Waals surface area contributed by atoms with Crippen molar-refractivity contribution < 1.29 is 9.53 Å². The summed E-state index contributed by atoms with van der Waals surface area (Å²) in [6, 6.07) is 8.86. The number of esters is 1. The van der Waals surface area contributed by atoms with E-state index in [2.05, 4.69) is 20.3 Å². The van der Waals surface area contributed by atoms with E-state index in [9.17, 15) is 4.79 Å². The van der Waals surface area contributed by atoms with E-state index in [0.29, 0.717) is 10.6 Å². The van der Waals surface area contributed by atoms with Crippen molar-refractivity contribution in [2.45, 2.75) is 33.9 Å². The van der Waals surface area contributed by atoms with Gasteiger partial charge in [0.15, 0.2) is 12.4 Å². The quantitative estimate of drug-likeness (QED) is 0.608. The molecule has 146 valence electrons. The van der Waals surface area contributed by atoms with Crippen molar-refractivity contribution in [1.82, 2.24) is 19.5 Å². The Balaban J connectivity index is 1.71. The average Bonchev–Trinajstić information content (AvgIpc) is 2.95. The van der Waals surface area contributed by atoms with Gasteiger partial charge in [0.25, 0.3) is 0 Å². The molecule has 0 saturated heterocycles. The highest BCUT2D eigenvalue weighted by atomic mass is 35.5. The molecule has 9 heteroatoms. The Kier molecular flexibility index (Phi) is 5.79. The molecule has 3 aromatic rings. The first kappa shape index (κ1) is 19.6. The predicted molar refractivity (Wildman–Crippen MR) is 108 cm³/mol. The van der Waals surface area contributed by atoms with E-state index < -0.39 is 5.97 Å². The van der Waals surface area contributed by atoms with Crippen molar-refractivity contribution >= 4 is 35.2 Å². The molecule has 0 unspecified atom stereocenters. The fourth-order valence-corrected chi connectivity index (χ4v) is 3.05. The summed E-state index contributed by atoms with van der Waals surface area (Å²) in [7, 11) is 0. The van der Waals surface area contributed by atoms with Crippen LogP contribution in [0, 0.1) is 13.8 Å². The van der Waals surface area contributed by atoms with Gasteiger partial charge in [0.05, 0.1) is 5.56 Å². The van der Waals surface area contributed by atoms with E-state index in [1.165, 1.54) is 0 Å². The molecule has 3 rings (SSSR count). The van der Waals surface area contributed by atoms with Crippen LogP contribution in [0.2, 0.25) is 5.02 Å². The third-order valence-corrected chi connectivity index (χ3v) is 4.49. The van der Waals surface area contributed by atoms with Gasteiger partial charge < -0.3 is 20.4 Å². The minimum Gasteiger partial charge on any atom is -0.454 e. The molecule has 3 N–H and O–H groups in total. The maximum Gasteiger partial charge on any atom is 0.340 e. The lowest BCUT2D eigenvalue weighted by Gasteiger charge is -2.09. The van der Waals surface area contributed by atoms with E-state index in [4.69, 9.17) is 22.1 Å². The standard InChI is InChI=1S/C19H21ClN6O2/c1-4-26-11(2)9-15(12(26)3)17(27)28-10-16-23-18(21)25-19(24-16)22-14-7-5-13(20)6-8-14/h5-9H,4,10H2,1-3H3,(H3,21,22,23,24,25). The number of carbonyl (C=O) groups excluding carboxylic acids is 1. The zero-order valence-electron chi connectivity index (χ0n) is 15.9. The zero-order valence-corrected chi connectivity index (χ0v) is 16.6. The first-order valence-corrected chi connectivity index (χ1v) is 9.12. The van der Waals surface area contributed by atoms with Crippen molar-refractivity contribution in [3.05, 3.63) is 58.1 Å². The number of aromatic nitrogens is 4. The number of hydrogen-bond acceptors (Lipinski definition) is 7. The van der Waals surface area contributed by atoms with Crippen LogP contribution in [0.3, 0.4) is 0 Å². The van der Waals surface area contributed by atoms with Crippen molar-refractivity contribution in [2.75, 3.05) is 11.1 Å². The van der Waals surface area contributed by atoms with Crippen LogP contribution in [0.5, 0.6) is 0 Å². The van der Waals surface area contributed by atoms with Gasteiger partial charge in [0.2, 0.25) is 11.9 Å². The second-order valence-corrected chi connectivity index (χ2v) is 6.61. The molecule has 8 nitrogen and oxygen atoms in total. The largest absolute Gasteiger partial charge is 0.454 e. The maximum atomic E-state index is 12.4. The molecule has 0 saturated carbocycles. The molecular formula is C19H21ClN6O2. The lowest BCUT2D eigenvalue weighted by Crippen LogP contribution is -2.12. The third-order valence-electron chi connectivity index (χ3n) is 4.24. The summed E-state index contributed by atoms with van der Waals surface area (Å²) in [5.74, 6) is 0.104. The van der Waals surface area contributed by atoms with Crippen LogP contribution in [0.15, 0.2) is 30.3 Å². The van der Waals surface area contributed by atoms with Crippen molar-refractivity contribution in [3.8, 4) is 0 Å². The van der Waals surface area contributed by atoms with E-state index in [1.54, 1.807) is 24.3 Å². The first-order chi connectivity index (χ1) is 13.4. The number of nitrogens with one attached hydrogen (secondary N) is 1. The van der Waals surface area contributed by atoms with Crippen LogP contribution >= 0.6 is 11.6 Å². The lowest BCUT2D eigenvalue weighted by molar-refractivity contribution is 0.0461. The summed E-state index contributed by atoms with van der Waals surface area (Å²) >= 11 is 5.88. The highest BCUT2D eigenvalue weighted by molar-refractivity contribution is 6.30. The number of anilines is 3. The van der Waals surface area contributed by atoms with Crippen LogP contribution in [-0.4, -0.2) is 25.5 Å². The number of nitrogens with zero attached hydrogens (tertiary/aromatic N) is 4. The van der Waals surface area contributed by atoms with Crippen LogP contribution in [-0.2, 0) is 17.9 Å². The van der Waals surface area contributed by atoms with Gasteiger partial charge in [-0.1, -0.05) is 11.6 Å². The van der Waals surface area contributed by atoms with E-state index in [0.717, 1.165) is 23.6 Å². The number of carbonyl (C=O) groups is 1. The number of nitrogen functional groups attached to an aromatic ring is 1. The molecule has 1 aromatic carbocycles. The Labute approximate surface area is 167 Å². The smallest absolute Gasteiger partial charge is 0.340 e. The number of ether oxygens (including phenoxy) is 1. The molecule has 0 atom stereocenters. The number of halogens is 1. The molecule has 0 aliphatic carbocycles.